The third kappa shape index (κ3) is 8.63. The first-order valence-corrected chi connectivity index (χ1v) is 21.6. The minimum Gasteiger partial charge on any atom is -0.465 e. The Morgan fingerprint density at radius 1 is 0.694 bits per heavy atom. The van der Waals surface area contributed by atoms with Crippen molar-refractivity contribution in [3.8, 4) is 33.6 Å². The Bertz CT molecular complexity index is 2500. The minimum atomic E-state index is -1.16. The predicted octanol–water partition coefficient (Wildman–Crippen LogP) is 7.89. The first-order valence-electron chi connectivity index (χ1n) is 21.6. The predicted molar refractivity (Wildman–Crippen MR) is 236 cm³/mol. The summed E-state index contributed by atoms with van der Waals surface area (Å²) >= 11 is 0. The molecule has 5 heterocycles. The van der Waals surface area contributed by atoms with Crippen molar-refractivity contribution >= 4 is 17.9 Å². The molecule has 3 N–H and O–H groups in total. The minimum absolute atomic E-state index is 0.0798. The molecule has 3 aliphatic heterocycles. The number of nitrogens with one attached hydrogen (secondary N) is 2. The van der Waals surface area contributed by atoms with Crippen molar-refractivity contribution in [1.82, 2.24) is 39.5 Å². The zero-order valence-electron chi connectivity index (χ0n) is 35.0. The highest BCUT2D eigenvalue weighted by Crippen LogP contribution is 2.36. The number of likely N-dealkylation sites (N-methyl/N-ethyl adjacent to an activating group) is 1. The number of aromatic nitrogens is 4. The zero-order valence-corrected chi connectivity index (χ0v) is 35.0. The van der Waals surface area contributed by atoms with Crippen molar-refractivity contribution in [1.29, 1.82) is 0 Å². The summed E-state index contributed by atoms with van der Waals surface area (Å²) in [7, 11) is 1.44. The van der Waals surface area contributed by atoms with E-state index in [1.165, 1.54) is 12.6 Å². The van der Waals surface area contributed by atoms with Gasteiger partial charge in [-0.3, -0.25) is 19.4 Å². The lowest BCUT2D eigenvalue weighted by molar-refractivity contribution is -0.137. The van der Waals surface area contributed by atoms with Crippen molar-refractivity contribution in [3.63, 3.8) is 0 Å². The second-order valence-electron chi connectivity index (χ2n) is 16.5. The van der Waals surface area contributed by atoms with Crippen LogP contribution in [0.5, 0.6) is 0 Å². The van der Waals surface area contributed by atoms with Gasteiger partial charge in [-0.05, 0) is 64.6 Å². The number of hydrogen-bond donors (Lipinski definition) is 3. The fraction of sp³-hybridized carbons (Fsp3) is 0.327. The summed E-state index contributed by atoms with van der Waals surface area (Å²) in [5.41, 5.74) is 8.81. The van der Waals surface area contributed by atoms with E-state index in [-0.39, 0.29) is 23.9 Å². The number of ether oxygens (including phenoxy) is 1. The maximum atomic E-state index is 14.0. The number of likely N-dealkylation sites (tertiary alicyclic amines) is 2. The normalized spacial score (nSPS) is 18.5. The molecule has 3 fully saturated rings. The van der Waals surface area contributed by atoms with Crippen LogP contribution in [0.4, 0.5) is 4.79 Å². The Balaban J connectivity index is 0.836. The average Bonchev–Trinajstić information content (AvgIpc) is 4.16. The summed E-state index contributed by atoms with van der Waals surface area (Å²) in [6.45, 7) is 5.39. The zero-order chi connectivity index (χ0) is 42.6. The Hall–Kier alpha value is -6.57. The van der Waals surface area contributed by atoms with Crippen LogP contribution < -0.4 is 0 Å². The largest absolute Gasteiger partial charge is 0.465 e. The van der Waals surface area contributed by atoms with E-state index in [2.05, 4.69) is 81.6 Å². The number of carboxylic acid groups (broad SMARTS) is 1. The number of H-pyrrole nitrogens is 2. The van der Waals surface area contributed by atoms with E-state index >= 15 is 0 Å². The molecule has 0 spiro atoms. The molecule has 318 valence electrons. The number of nitrogens with zero attached hydrogens (tertiary/aromatic N) is 6. The van der Waals surface area contributed by atoms with Crippen LogP contribution in [0.3, 0.4) is 0 Å². The molecule has 0 aliphatic carbocycles. The molecule has 4 aromatic carbocycles. The third-order valence-corrected chi connectivity index (χ3v) is 12.7. The number of carbonyl (C=O) groups is 3. The fourth-order valence-corrected chi connectivity index (χ4v) is 9.24. The van der Waals surface area contributed by atoms with Crippen LogP contribution in [0.15, 0.2) is 116 Å². The molecule has 13 heteroatoms. The van der Waals surface area contributed by atoms with Crippen molar-refractivity contribution in [2.24, 2.45) is 0 Å². The van der Waals surface area contributed by atoms with Gasteiger partial charge in [0.05, 0.1) is 55.5 Å². The van der Waals surface area contributed by atoms with Crippen molar-refractivity contribution in [2.45, 2.75) is 56.8 Å². The Kier molecular flexibility index (Phi) is 12.0. The van der Waals surface area contributed by atoms with Gasteiger partial charge < -0.3 is 29.6 Å². The summed E-state index contributed by atoms with van der Waals surface area (Å²) in [4.78, 5) is 63.5. The van der Waals surface area contributed by atoms with Crippen LogP contribution in [0.25, 0.3) is 33.6 Å². The maximum absolute atomic E-state index is 14.0. The number of aromatic amines is 2. The van der Waals surface area contributed by atoms with Gasteiger partial charge in [-0.15, -0.1) is 0 Å². The highest BCUT2D eigenvalue weighted by Gasteiger charge is 2.39. The highest BCUT2D eigenvalue weighted by molar-refractivity contribution is 5.87. The smallest absolute Gasteiger partial charge is 0.407 e. The van der Waals surface area contributed by atoms with E-state index in [4.69, 9.17) is 14.7 Å². The second kappa shape index (κ2) is 18.2. The molecule has 13 nitrogen and oxygen atoms in total. The number of hydrogen-bond acceptors (Lipinski definition) is 7. The van der Waals surface area contributed by atoms with Crippen LogP contribution in [0, 0.1) is 0 Å². The molecule has 3 atom stereocenters. The summed E-state index contributed by atoms with van der Waals surface area (Å²) in [6, 6.07) is 32.7. The first-order chi connectivity index (χ1) is 30.3. The molecule has 3 saturated heterocycles. The number of imidazole rings is 2. The summed E-state index contributed by atoms with van der Waals surface area (Å²) < 4.78 is 5.53. The van der Waals surface area contributed by atoms with Gasteiger partial charge in [-0.2, -0.15) is 0 Å². The van der Waals surface area contributed by atoms with E-state index in [9.17, 15) is 19.5 Å². The molecule has 0 radical (unpaired) electrons. The molecule has 62 heavy (non-hydrogen) atoms. The van der Waals surface area contributed by atoms with Crippen LogP contribution in [-0.4, -0.2) is 109 Å². The van der Waals surface area contributed by atoms with Gasteiger partial charge in [0, 0.05) is 39.8 Å². The number of rotatable bonds is 12. The van der Waals surface area contributed by atoms with Gasteiger partial charge in [0.25, 0.3) is 5.91 Å². The lowest BCUT2D eigenvalue weighted by Crippen LogP contribution is -2.43. The van der Waals surface area contributed by atoms with Gasteiger partial charge >= 0.3 is 6.09 Å². The lowest BCUT2D eigenvalue weighted by atomic mass is 10.0. The monoisotopic (exact) mass is 832 g/mol. The number of amides is 3. The van der Waals surface area contributed by atoms with Crippen LogP contribution in [0.2, 0.25) is 0 Å². The van der Waals surface area contributed by atoms with Gasteiger partial charge in [0.15, 0.2) is 0 Å². The molecule has 3 amide bonds. The Morgan fingerprint density at radius 2 is 1.21 bits per heavy atom. The van der Waals surface area contributed by atoms with Gasteiger partial charge in [0.2, 0.25) is 5.91 Å². The molecule has 0 bridgehead atoms. The molecule has 9 rings (SSSR count). The van der Waals surface area contributed by atoms with Gasteiger partial charge in [-0.1, -0.05) is 103 Å². The van der Waals surface area contributed by atoms with E-state index in [1.807, 2.05) is 35.4 Å². The van der Waals surface area contributed by atoms with Crippen molar-refractivity contribution in [3.05, 3.63) is 144 Å². The topological polar surface area (TPSA) is 151 Å². The number of carbonyl (C=O) groups excluding carboxylic acids is 2. The van der Waals surface area contributed by atoms with Gasteiger partial charge in [-0.25, -0.2) is 14.8 Å². The molecule has 0 saturated carbocycles. The Morgan fingerprint density at radius 3 is 1.79 bits per heavy atom. The van der Waals surface area contributed by atoms with Crippen LogP contribution >= 0.6 is 0 Å². The van der Waals surface area contributed by atoms with Crippen molar-refractivity contribution in [2.75, 3.05) is 46.4 Å². The lowest BCUT2D eigenvalue weighted by Gasteiger charge is -2.32. The molecular weight excluding hydrogens is 781 g/mol. The summed E-state index contributed by atoms with van der Waals surface area (Å²) in [5, 5.41) is 9.81. The fourth-order valence-electron chi connectivity index (χ4n) is 9.24. The van der Waals surface area contributed by atoms with Crippen LogP contribution in [0.1, 0.15) is 72.1 Å². The van der Waals surface area contributed by atoms with E-state index in [0.29, 0.717) is 24.4 Å². The SMILES string of the molecule is CN(C(=O)O)[C@@H](C(=O)N1CCC[C@H]1c1ncc(-c2ccc(-c3ccc(-c4cnc([C@@H]5CCCN5C(=O)Cc5ccccc5CN5CCOCC5)[nH]4)cc3)cc2)[nH]1)c1ccccc1. The maximum Gasteiger partial charge on any atom is 0.407 e. The van der Waals surface area contributed by atoms with E-state index in [1.54, 1.807) is 23.2 Å². The third-order valence-electron chi connectivity index (χ3n) is 12.7. The van der Waals surface area contributed by atoms with Crippen molar-refractivity contribution < 1.29 is 24.2 Å². The quantitative estimate of drug-likeness (QED) is 0.113. The molecule has 6 aromatic rings. The molecular formula is C49H52N8O5. The van der Waals surface area contributed by atoms with Crippen LogP contribution in [-0.2, 0) is 27.3 Å². The Labute approximate surface area is 361 Å². The average molecular weight is 833 g/mol. The highest BCUT2D eigenvalue weighted by atomic mass is 16.5. The number of morpholine rings is 1. The molecule has 2 aromatic heterocycles. The summed E-state index contributed by atoms with van der Waals surface area (Å²) in [5.74, 6) is 1.38. The first kappa shape index (κ1) is 40.8. The summed E-state index contributed by atoms with van der Waals surface area (Å²) in [6.07, 6.45) is 6.23. The van der Waals surface area contributed by atoms with E-state index < -0.39 is 12.1 Å². The van der Waals surface area contributed by atoms with E-state index in [0.717, 1.165) is 115 Å². The van der Waals surface area contributed by atoms with Gasteiger partial charge in [0.1, 0.15) is 17.7 Å². The molecule has 0 unspecified atom stereocenters. The second-order valence-corrected chi connectivity index (χ2v) is 16.5. The number of benzene rings is 4. The standard InChI is InChI=1S/C49H52N8O5/c1-54(49(60)61)45(37-9-3-2-4-10-37)48(59)57-24-8-14-43(57)47-51-31-41(53-47)36-21-17-34(18-22-36)33-15-19-35(20-16-33)40-30-50-46(52-40)42-13-7-23-56(42)44(58)29-38-11-5-6-12-39(38)32-55-25-27-62-28-26-55/h2-6,9-12,15-22,30-31,42-43,45H,7-8,13-14,23-29,32H2,1H3,(H,50,52)(H,51,53)(H,60,61)/t42-,43-,45+/m0/s1. The molecule has 3 aliphatic rings.